The van der Waals surface area contributed by atoms with Crippen LogP contribution < -0.4 is 16.2 Å². The summed E-state index contributed by atoms with van der Waals surface area (Å²) in [6.45, 7) is 9.79. The molecule has 11 heteroatoms. The zero-order valence-corrected chi connectivity index (χ0v) is 27.5. The van der Waals surface area contributed by atoms with Gasteiger partial charge >= 0.3 is 6.03 Å². The van der Waals surface area contributed by atoms with Crippen molar-refractivity contribution in [1.82, 2.24) is 20.1 Å². The molecule has 0 radical (unpaired) electrons. The molecule has 0 bridgehead atoms. The molecular formula is C35H38ClF2N5O3. The fourth-order valence-corrected chi connectivity index (χ4v) is 5.61. The zero-order chi connectivity index (χ0) is 33.7. The molecule has 242 valence electrons. The van der Waals surface area contributed by atoms with E-state index in [-0.39, 0.29) is 53.1 Å². The van der Waals surface area contributed by atoms with E-state index in [9.17, 15) is 14.4 Å². The lowest BCUT2D eigenvalue weighted by atomic mass is 9.84. The molecule has 4 rings (SSSR count). The number of allylic oxidation sites excluding steroid dienone is 2. The van der Waals surface area contributed by atoms with E-state index in [0.717, 1.165) is 21.9 Å². The Kier molecular flexibility index (Phi) is 11.0. The van der Waals surface area contributed by atoms with Crippen molar-refractivity contribution in [1.29, 1.82) is 0 Å². The van der Waals surface area contributed by atoms with Crippen molar-refractivity contribution >= 4 is 35.5 Å². The first-order chi connectivity index (χ1) is 21.9. The number of rotatable bonds is 9. The topological polar surface area (TPSA) is 95.8 Å². The Hall–Kier alpha value is -4.57. The van der Waals surface area contributed by atoms with Gasteiger partial charge in [-0.25, -0.2) is 13.6 Å². The van der Waals surface area contributed by atoms with Crippen molar-refractivity contribution in [3.05, 3.63) is 121 Å². The third-order valence-electron chi connectivity index (χ3n) is 8.28. The zero-order valence-electron chi connectivity index (χ0n) is 26.7. The summed E-state index contributed by atoms with van der Waals surface area (Å²) in [5, 5.41) is 5.09. The Bertz CT molecular complexity index is 1780. The molecule has 3 amide bonds. The number of nitrogens with zero attached hydrogens (tertiary/aromatic N) is 3. The third kappa shape index (κ3) is 7.28. The molecule has 1 fully saturated rings. The second-order valence-electron chi connectivity index (χ2n) is 11.5. The predicted octanol–water partition coefficient (Wildman–Crippen LogP) is 6.71. The van der Waals surface area contributed by atoms with Gasteiger partial charge in [0, 0.05) is 37.6 Å². The average Bonchev–Trinajstić information content (AvgIpc) is 3.02. The number of halogens is 3. The normalized spacial score (nSPS) is 15.5. The maximum atomic E-state index is 16.0. The molecule has 0 saturated carbocycles. The molecular weight excluding hydrogens is 612 g/mol. The van der Waals surface area contributed by atoms with Gasteiger partial charge in [-0.05, 0) is 61.9 Å². The third-order valence-corrected chi connectivity index (χ3v) is 8.66. The van der Waals surface area contributed by atoms with E-state index in [1.807, 2.05) is 26.0 Å². The largest absolute Gasteiger partial charge is 0.341 e. The second-order valence-corrected chi connectivity index (χ2v) is 11.8. The van der Waals surface area contributed by atoms with E-state index in [4.69, 9.17) is 11.6 Å². The molecule has 1 aliphatic rings. The monoisotopic (exact) mass is 649 g/mol. The van der Waals surface area contributed by atoms with Gasteiger partial charge in [-0.2, -0.15) is 0 Å². The number of hydrogen-bond donors (Lipinski definition) is 2. The molecule has 0 spiro atoms. The molecule has 1 aromatic heterocycles. The lowest BCUT2D eigenvalue weighted by Gasteiger charge is -2.39. The number of nitrogens with one attached hydrogen (secondary N) is 2. The number of amides is 3. The van der Waals surface area contributed by atoms with Crippen LogP contribution in [0.2, 0.25) is 5.02 Å². The highest BCUT2D eigenvalue weighted by Gasteiger charge is 2.34. The highest BCUT2D eigenvalue weighted by atomic mass is 35.5. The van der Waals surface area contributed by atoms with Crippen LogP contribution in [0.3, 0.4) is 0 Å². The number of aryl methyl sites for hydroxylation is 2. The summed E-state index contributed by atoms with van der Waals surface area (Å²) < 4.78 is 33.0. The molecule has 2 N–H and O–H groups in total. The van der Waals surface area contributed by atoms with Crippen molar-refractivity contribution < 1.29 is 18.4 Å². The van der Waals surface area contributed by atoms with Crippen molar-refractivity contribution in [3.63, 3.8) is 0 Å². The summed E-state index contributed by atoms with van der Waals surface area (Å²) in [7, 11) is 1.48. The molecule has 1 aliphatic heterocycles. The summed E-state index contributed by atoms with van der Waals surface area (Å²) in [5.74, 6) is -2.64. The Labute approximate surface area is 272 Å². The standard InChI is InChI=1S/C35H38ClF2N5O3/c1-7-15-40-32(26-9-8-10-27(31(26)38)33(44)42-17-25(18-42)41-35(46)39-6)29(37)19-43-21(3)16-28(30(36)34(43)45)23(5)22(4)24-13-11-20(2)12-14-24/h7-16,19,22-23,25H,17-18H2,1-6H3,(H2,39,41,46)/b15-7+,29-19-,40-32+/t22-,23?/m0/s1. The van der Waals surface area contributed by atoms with Crippen molar-refractivity contribution in [2.24, 2.45) is 4.99 Å². The van der Waals surface area contributed by atoms with Crippen LogP contribution in [0, 0.1) is 19.7 Å². The van der Waals surface area contributed by atoms with E-state index in [1.54, 1.807) is 26.0 Å². The van der Waals surface area contributed by atoms with E-state index in [2.05, 4.69) is 34.7 Å². The van der Waals surface area contributed by atoms with Crippen LogP contribution in [-0.2, 0) is 0 Å². The van der Waals surface area contributed by atoms with Gasteiger partial charge < -0.3 is 15.5 Å². The number of carbonyl (C=O) groups excluding carboxylic acids is 2. The average molecular weight is 650 g/mol. The highest BCUT2D eigenvalue weighted by Crippen LogP contribution is 2.35. The molecule has 3 aromatic rings. The summed E-state index contributed by atoms with van der Waals surface area (Å²) >= 11 is 6.61. The first-order valence-electron chi connectivity index (χ1n) is 15.0. The summed E-state index contributed by atoms with van der Waals surface area (Å²) in [4.78, 5) is 43.6. The van der Waals surface area contributed by atoms with E-state index in [0.29, 0.717) is 11.3 Å². The minimum atomic E-state index is -1.00. The van der Waals surface area contributed by atoms with Crippen molar-refractivity contribution in [3.8, 4) is 0 Å². The van der Waals surface area contributed by atoms with Gasteiger partial charge in [-0.15, -0.1) is 0 Å². The van der Waals surface area contributed by atoms with Gasteiger partial charge in [-0.3, -0.25) is 19.1 Å². The minimum absolute atomic E-state index is 0.0365. The van der Waals surface area contributed by atoms with E-state index in [1.165, 1.54) is 36.3 Å². The second kappa shape index (κ2) is 14.7. The van der Waals surface area contributed by atoms with Crippen LogP contribution in [0.1, 0.15) is 70.9 Å². The summed E-state index contributed by atoms with van der Waals surface area (Å²) in [6, 6.07) is 13.3. The minimum Gasteiger partial charge on any atom is -0.341 e. The van der Waals surface area contributed by atoms with Crippen LogP contribution >= 0.6 is 11.6 Å². The number of benzene rings is 2. The Morgan fingerprint density at radius 2 is 1.72 bits per heavy atom. The van der Waals surface area contributed by atoms with Gasteiger partial charge in [-0.1, -0.05) is 67.4 Å². The first kappa shape index (κ1) is 34.3. The Balaban J connectivity index is 1.66. The SMILES string of the molecule is C/C=C/N=C(/C(F)=C/n1c(C)cc(C(C)[C@H](C)c2ccc(C)cc2)c(Cl)c1=O)c1cccc(C(=O)N2CC(NC(=O)NC)C2)c1F. The summed E-state index contributed by atoms with van der Waals surface area (Å²) in [6.07, 6.45) is 3.77. The Morgan fingerprint density at radius 3 is 2.35 bits per heavy atom. The quantitative estimate of drug-likeness (QED) is 0.252. The van der Waals surface area contributed by atoms with Gasteiger partial charge in [0.25, 0.3) is 11.5 Å². The van der Waals surface area contributed by atoms with Gasteiger partial charge in [0.15, 0.2) is 5.83 Å². The molecule has 0 aliphatic carbocycles. The van der Waals surface area contributed by atoms with Gasteiger partial charge in [0.2, 0.25) is 0 Å². The van der Waals surface area contributed by atoms with Crippen molar-refractivity contribution in [2.75, 3.05) is 20.1 Å². The lowest BCUT2D eigenvalue weighted by Crippen LogP contribution is -2.62. The highest BCUT2D eigenvalue weighted by molar-refractivity contribution is 6.31. The number of aromatic nitrogens is 1. The van der Waals surface area contributed by atoms with Crippen LogP contribution in [-0.4, -0.2) is 53.3 Å². The van der Waals surface area contributed by atoms with Crippen LogP contribution in [0.5, 0.6) is 0 Å². The fraction of sp³-hybridized carbons (Fsp3) is 0.314. The van der Waals surface area contributed by atoms with Crippen LogP contribution in [0.4, 0.5) is 13.6 Å². The Morgan fingerprint density at radius 1 is 1.07 bits per heavy atom. The van der Waals surface area contributed by atoms with Gasteiger partial charge in [0.05, 0.1) is 17.8 Å². The lowest BCUT2D eigenvalue weighted by molar-refractivity contribution is 0.0573. The number of pyridine rings is 1. The molecule has 2 atom stereocenters. The molecule has 1 unspecified atom stereocenters. The maximum absolute atomic E-state index is 16.0. The number of urea groups is 1. The van der Waals surface area contributed by atoms with Crippen molar-refractivity contribution in [2.45, 2.75) is 52.5 Å². The summed E-state index contributed by atoms with van der Waals surface area (Å²) in [5.41, 5.74) is 1.76. The maximum Gasteiger partial charge on any atom is 0.314 e. The molecule has 46 heavy (non-hydrogen) atoms. The molecule has 1 saturated heterocycles. The predicted molar refractivity (Wildman–Crippen MR) is 179 cm³/mol. The number of carbonyl (C=O) groups is 2. The first-order valence-corrected chi connectivity index (χ1v) is 15.4. The number of hydrogen-bond acceptors (Lipinski definition) is 4. The smallest absolute Gasteiger partial charge is 0.314 e. The number of aliphatic imine (C=N–C) groups is 1. The van der Waals surface area contributed by atoms with Crippen LogP contribution in [0.25, 0.3) is 6.20 Å². The van der Waals surface area contributed by atoms with Gasteiger partial charge in [0.1, 0.15) is 16.6 Å². The molecule has 2 heterocycles. The van der Waals surface area contributed by atoms with E-state index >= 15 is 8.78 Å². The molecule has 8 nitrogen and oxygen atoms in total. The number of likely N-dealkylation sites (tertiary alicyclic amines) is 1. The molecule has 2 aromatic carbocycles. The van der Waals surface area contributed by atoms with E-state index < -0.39 is 28.8 Å². The fourth-order valence-electron chi connectivity index (χ4n) is 5.29. The van der Waals surface area contributed by atoms with Crippen LogP contribution in [0.15, 0.2) is 76.4 Å².